The third-order valence-corrected chi connectivity index (χ3v) is 5.29. The van der Waals surface area contributed by atoms with Crippen molar-refractivity contribution in [3.05, 3.63) is 29.8 Å². The van der Waals surface area contributed by atoms with Gasteiger partial charge in [0.25, 0.3) is 10.0 Å². The van der Waals surface area contributed by atoms with Crippen LogP contribution in [0, 0.1) is 5.92 Å². The van der Waals surface area contributed by atoms with Crippen LogP contribution < -0.4 is 4.72 Å². The van der Waals surface area contributed by atoms with Crippen molar-refractivity contribution in [3.63, 3.8) is 0 Å². The van der Waals surface area contributed by atoms with Gasteiger partial charge in [-0.15, -0.1) is 0 Å². The Hall–Kier alpha value is -1.40. The van der Waals surface area contributed by atoms with Gasteiger partial charge >= 0.3 is 0 Å². The molecule has 1 N–H and O–H groups in total. The minimum Gasteiger partial charge on any atom is -0.306 e. The average Bonchev–Trinajstić information content (AvgIpc) is 2.69. The summed E-state index contributed by atoms with van der Waals surface area (Å²) in [5.41, 5.74) is 0.691. The number of nitrogens with one attached hydrogen (secondary N) is 1. The zero-order valence-electron chi connectivity index (χ0n) is 11.5. The van der Waals surface area contributed by atoms with Gasteiger partial charge in [-0.25, -0.2) is 8.42 Å². The molecule has 1 aromatic rings. The summed E-state index contributed by atoms with van der Waals surface area (Å²) in [6.07, 6.45) is 2.35. The number of piperidine rings is 1. The molecule has 0 radical (unpaired) electrons. The van der Waals surface area contributed by atoms with Gasteiger partial charge < -0.3 is 4.90 Å². The van der Waals surface area contributed by atoms with Gasteiger partial charge in [0.15, 0.2) is 0 Å². The van der Waals surface area contributed by atoms with Crippen molar-refractivity contribution in [1.29, 1.82) is 0 Å². The van der Waals surface area contributed by atoms with E-state index in [2.05, 4.69) is 21.7 Å². The number of rotatable bonds is 2. The van der Waals surface area contributed by atoms with Crippen molar-refractivity contribution >= 4 is 15.9 Å². The van der Waals surface area contributed by atoms with Crippen LogP contribution in [-0.4, -0.2) is 45.8 Å². The molecule has 1 fully saturated rings. The number of sulfonamides is 1. The van der Waals surface area contributed by atoms with Crippen LogP contribution in [0.25, 0.3) is 0 Å². The Morgan fingerprint density at radius 2 is 2.20 bits per heavy atom. The molecule has 0 amide bonds. The van der Waals surface area contributed by atoms with E-state index in [-0.39, 0.29) is 0 Å². The molecular weight excluding hydrogens is 274 g/mol. The third-order valence-electron chi connectivity index (χ3n) is 3.89. The molecule has 0 bridgehead atoms. The summed E-state index contributed by atoms with van der Waals surface area (Å²) in [5.74, 6) is 1.01. The van der Waals surface area contributed by atoms with E-state index in [0.29, 0.717) is 28.8 Å². The summed E-state index contributed by atoms with van der Waals surface area (Å²) < 4.78 is 26.5. The van der Waals surface area contributed by atoms with Crippen LogP contribution in [0.1, 0.15) is 18.4 Å². The first-order chi connectivity index (χ1) is 9.56. The summed E-state index contributed by atoms with van der Waals surface area (Å²) in [7, 11) is -1.29. The fourth-order valence-corrected chi connectivity index (χ4v) is 4.14. The fraction of sp³-hybridized carbons (Fsp3) is 0.500. The van der Waals surface area contributed by atoms with Crippen molar-refractivity contribution in [3.8, 4) is 0 Å². The number of hydrogen-bond donors (Lipinski definition) is 1. The second-order valence-corrected chi connectivity index (χ2v) is 7.21. The first-order valence-electron chi connectivity index (χ1n) is 6.91. The van der Waals surface area contributed by atoms with E-state index in [9.17, 15) is 8.42 Å². The van der Waals surface area contributed by atoms with Gasteiger partial charge in [0, 0.05) is 18.7 Å². The number of fused-ring (bicyclic) bond motifs is 1. The zero-order chi connectivity index (χ0) is 14.2. The number of likely N-dealkylation sites (tertiary alicyclic amines) is 1. The minimum absolute atomic E-state index is 0.333. The molecule has 2 heterocycles. The number of aliphatic imine (C=N–C) groups is 1. The predicted molar refractivity (Wildman–Crippen MR) is 78.4 cm³/mol. The zero-order valence-corrected chi connectivity index (χ0v) is 12.4. The standard InChI is InChI=1S/C14H19N3O2S/c1-17-8-4-5-11(10-17)9-15-14-12-6-2-3-7-13(12)20(18,19)16-14/h2-3,6-7,11H,4-5,8-10H2,1H3,(H,15,16). The Kier molecular flexibility index (Phi) is 3.52. The Morgan fingerprint density at radius 1 is 1.40 bits per heavy atom. The summed E-state index contributed by atoms with van der Waals surface area (Å²) in [6.45, 7) is 2.85. The van der Waals surface area contributed by atoms with Crippen LogP contribution in [-0.2, 0) is 10.0 Å². The van der Waals surface area contributed by atoms with Gasteiger partial charge in [0.05, 0.1) is 4.90 Å². The molecule has 0 aromatic heterocycles. The lowest BCUT2D eigenvalue weighted by Crippen LogP contribution is -2.34. The molecule has 0 aliphatic carbocycles. The molecule has 20 heavy (non-hydrogen) atoms. The van der Waals surface area contributed by atoms with Crippen molar-refractivity contribution < 1.29 is 8.42 Å². The van der Waals surface area contributed by atoms with E-state index in [1.165, 1.54) is 6.42 Å². The van der Waals surface area contributed by atoms with Crippen LogP contribution in [0.3, 0.4) is 0 Å². The highest BCUT2D eigenvalue weighted by Gasteiger charge is 2.30. The highest BCUT2D eigenvalue weighted by Crippen LogP contribution is 2.23. The summed E-state index contributed by atoms with van der Waals surface area (Å²) >= 11 is 0. The van der Waals surface area contributed by atoms with E-state index < -0.39 is 10.0 Å². The molecule has 5 nitrogen and oxygen atoms in total. The van der Waals surface area contributed by atoms with Gasteiger partial charge in [-0.05, 0) is 44.5 Å². The first-order valence-corrected chi connectivity index (χ1v) is 8.40. The molecule has 6 heteroatoms. The maximum absolute atomic E-state index is 12.0. The Balaban J connectivity index is 1.80. The summed E-state index contributed by atoms with van der Waals surface area (Å²) in [4.78, 5) is 7.16. The molecule has 1 unspecified atom stereocenters. The molecule has 3 rings (SSSR count). The molecule has 0 saturated carbocycles. The van der Waals surface area contributed by atoms with E-state index >= 15 is 0 Å². The quantitative estimate of drug-likeness (QED) is 0.887. The molecule has 2 aliphatic rings. The molecule has 108 valence electrons. The summed E-state index contributed by atoms with van der Waals surface area (Å²) in [5, 5.41) is 0. The Morgan fingerprint density at radius 3 is 3.00 bits per heavy atom. The van der Waals surface area contributed by atoms with E-state index in [4.69, 9.17) is 0 Å². The largest absolute Gasteiger partial charge is 0.306 e. The number of hydrogen-bond acceptors (Lipinski definition) is 4. The Bertz CT molecular complexity index is 640. The molecule has 1 saturated heterocycles. The monoisotopic (exact) mass is 293 g/mol. The Labute approximate surface area is 119 Å². The van der Waals surface area contributed by atoms with Crippen LogP contribution in [0.15, 0.2) is 34.2 Å². The number of benzene rings is 1. The van der Waals surface area contributed by atoms with Gasteiger partial charge in [-0.1, -0.05) is 12.1 Å². The number of nitrogens with zero attached hydrogens (tertiary/aromatic N) is 2. The van der Waals surface area contributed by atoms with Gasteiger partial charge in [0.2, 0.25) is 0 Å². The van der Waals surface area contributed by atoms with Crippen molar-refractivity contribution in [2.45, 2.75) is 17.7 Å². The predicted octanol–water partition coefficient (Wildman–Crippen LogP) is 1.07. The average molecular weight is 293 g/mol. The van der Waals surface area contributed by atoms with Gasteiger partial charge in [-0.3, -0.25) is 9.71 Å². The normalized spacial score (nSPS) is 27.2. The second kappa shape index (κ2) is 5.18. The topological polar surface area (TPSA) is 61.8 Å². The van der Waals surface area contributed by atoms with Gasteiger partial charge in [0.1, 0.15) is 5.84 Å². The van der Waals surface area contributed by atoms with Crippen LogP contribution in [0.2, 0.25) is 0 Å². The molecule has 0 spiro atoms. The molecule has 1 aromatic carbocycles. The van der Waals surface area contributed by atoms with Crippen LogP contribution in [0.5, 0.6) is 0 Å². The first kappa shape index (κ1) is 13.6. The van der Waals surface area contributed by atoms with E-state index in [1.54, 1.807) is 18.2 Å². The highest BCUT2D eigenvalue weighted by atomic mass is 32.2. The maximum Gasteiger partial charge on any atom is 0.263 e. The maximum atomic E-state index is 12.0. The smallest absolute Gasteiger partial charge is 0.263 e. The van der Waals surface area contributed by atoms with Crippen LogP contribution >= 0.6 is 0 Å². The van der Waals surface area contributed by atoms with Crippen molar-refractivity contribution in [2.24, 2.45) is 10.9 Å². The molecule has 2 aliphatic heterocycles. The number of amidine groups is 1. The van der Waals surface area contributed by atoms with Crippen molar-refractivity contribution in [1.82, 2.24) is 9.62 Å². The SMILES string of the molecule is CN1CCCC(CN=C2NS(=O)(=O)c3ccccc32)C1. The van der Waals surface area contributed by atoms with Crippen LogP contribution in [0.4, 0.5) is 0 Å². The second-order valence-electron chi connectivity index (χ2n) is 5.56. The lowest BCUT2D eigenvalue weighted by atomic mass is 9.99. The molecule has 1 atom stereocenters. The lowest BCUT2D eigenvalue weighted by molar-refractivity contribution is 0.214. The van der Waals surface area contributed by atoms with E-state index in [1.807, 2.05) is 6.07 Å². The third kappa shape index (κ3) is 2.58. The van der Waals surface area contributed by atoms with Crippen molar-refractivity contribution in [2.75, 3.05) is 26.7 Å². The fourth-order valence-electron chi connectivity index (χ4n) is 2.89. The lowest BCUT2D eigenvalue weighted by Gasteiger charge is -2.28. The highest BCUT2D eigenvalue weighted by molar-refractivity contribution is 7.90. The molecular formula is C14H19N3O2S. The van der Waals surface area contributed by atoms with E-state index in [0.717, 1.165) is 19.5 Å². The van der Waals surface area contributed by atoms with Gasteiger partial charge in [-0.2, -0.15) is 0 Å². The minimum atomic E-state index is -3.41. The summed E-state index contributed by atoms with van der Waals surface area (Å²) in [6, 6.07) is 7.00.